The Morgan fingerprint density at radius 1 is 0.750 bits per heavy atom. The van der Waals surface area contributed by atoms with E-state index in [1.165, 1.54) is 0 Å². The van der Waals surface area contributed by atoms with E-state index in [0.717, 1.165) is 56.7 Å². The van der Waals surface area contributed by atoms with Crippen molar-refractivity contribution in [3.05, 3.63) is 29.8 Å². The molecule has 1 N–H and O–H groups in total. The Morgan fingerprint density at radius 2 is 1.29 bits per heavy atom. The molecular weight excluding hydrogens is 680 g/mol. The quantitative estimate of drug-likeness (QED) is 0.301. The minimum Gasteiger partial charge on any atom is -0.443 e. The van der Waals surface area contributed by atoms with Gasteiger partial charge in [0.05, 0.1) is 6.10 Å². The van der Waals surface area contributed by atoms with E-state index in [1.54, 1.807) is 0 Å². The highest BCUT2D eigenvalue weighted by molar-refractivity contribution is 5.84. The lowest BCUT2D eigenvalue weighted by molar-refractivity contribution is -0.573. The number of ether oxygens (including phenoxy) is 5. The molecule has 1 aromatic carbocycles. The maximum Gasteiger partial charge on any atom is 0.411 e. The Kier molecular flexibility index (Phi) is 8.60. The molecule has 11 rings (SSSR count). The lowest BCUT2D eigenvalue weighted by Gasteiger charge is -2.62. The van der Waals surface area contributed by atoms with Crippen LogP contribution < -0.4 is 5.32 Å². The monoisotopic (exact) mass is 733 g/mol. The zero-order valence-corrected chi connectivity index (χ0v) is 30.9. The van der Waals surface area contributed by atoms with Gasteiger partial charge in [-0.15, -0.1) is 0 Å². The number of fused-ring (bicyclic) bond motifs is 4. The second-order valence-electron chi connectivity index (χ2n) is 17.8. The van der Waals surface area contributed by atoms with Crippen LogP contribution in [-0.2, 0) is 43.2 Å². The van der Waals surface area contributed by atoms with Crippen LogP contribution in [0.15, 0.2) is 18.2 Å². The predicted molar refractivity (Wildman–Crippen MR) is 179 cm³/mol. The van der Waals surface area contributed by atoms with Crippen molar-refractivity contribution in [2.75, 3.05) is 5.32 Å². The van der Waals surface area contributed by atoms with Crippen LogP contribution in [-0.4, -0.2) is 59.8 Å². The van der Waals surface area contributed by atoms with E-state index in [0.29, 0.717) is 24.7 Å². The van der Waals surface area contributed by atoms with Crippen LogP contribution in [0.2, 0.25) is 0 Å². The van der Waals surface area contributed by atoms with Crippen LogP contribution in [0.3, 0.4) is 0 Å². The molecule has 4 bridgehead atoms. The van der Waals surface area contributed by atoms with Crippen molar-refractivity contribution < 1.29 is 56.8 Å². The van der Waals surface area contributed by atoms with Crippen LogP contribution in [0, 0.1) is 59.0 Å². The van der Waals surface area contributed by atoms with Crippen LogP contribution in [0.1, 0.15) is 99.3 Å². The number of carbonyl (C=O) groups is 1. The average molecular weight is 734 g/mol. The summed E-state index contributed by atoms with van der Waals surface area (Å²) in [6, 6.07) is 2.85. The predicted octanol–water partition coefficient (Wildman–Crippen LogP) is 7.77. The summed E-state index contributed by atoms with van der Waals surface area (Å²) in [5.74, 6) is -2.44. The topological polar surface area (TPSA) is 112 Å². The fourth-order valence-electron chi connectivity index (χ4n) is 12.0. The molecule has 13 heteroatoms. The number of carbonyl (C=O) groups excluding carboxylic acids is 1. The molecular formula is C39H53F2NO10. The summed E-state index contributed by atoms with van der Waals surface area (Å²) in [4.78, 5) is 38.5. The van der Waals surface area contributed by atoms with E-state index in [1.807, 2.05) is 13.8 Å². The van der Waals surface area contributed by atoms with E-state index in [9.17, 15) is 13.6 Å². The lowest BCUT2D eigenvalue weighted by atomic mass is 9.56. The molecule has 8 heterocycles. The van der Waals surface area contributed by atoms with Gasteiger partial charge in [0.25, 0.3) is 0 Å². The molecule has 0 radical (unpaired) electrons. The van der Waals surface area contributed by atoms with Crippen molar-refractivity contribution >= 4 is 11.8 Å². The highest BCUT2D eigenvalue weighted by Crippen LogP contribution is 2.63. The molecule has 8 aliphatic heterocycles. The zero-order valence-electron chi connectivity index (χ0n) is 30.9. The molecule has 1 amide bonds. The van der Waals surface area contributed by atoms with Gasteiger partial charge in [0.1, 0.15) is 23.8 Å². The molecule has 1 aromatic rings. The number of amides is 1. The molecule has 2 aliphatic carbocycles. The summed E-state index contributed by atoms with van der Waals surface area (Å²) in [7, 11) is 0. The molecule has 1 unspecified atom stereocenters. The number of halogens is 2. The molecule has 288 valence electrons. The smallest absolute Gasteiger partial charge is 0.411 e. The van der Waals surface area contributed by atoms with Crippen LogP contribution in [0.5, 0.6) is 0 Å². The van der Waals surface area contributed by atoms with Gasteiger partial charge in [-0.1, -0.05) is 27.7 Å². The Morgan fingerprint density at radius 3 is 1.87 bits per heavy atom. The first-order valence-corrected chi connectivity index (χ1v) is 19.6. The molecule has 10 fully saturated rings. The van der Waals surface area contributed by atoms with Crippen LogP contribution in [0.25, 0.3) is 0 Å². The summed E-state index contributed by atoms with van der Waals surface area (Å²) < 4.78 is 61.8. The Labute approximate surface area is 303 Å². The van der Waals surface area contributed by atoms with E-state index < -0.39 is 71.4 Å². The van der Waals surface area contributed by atoms with E-state index in [-0.39, 0.29) is 47.6 Å². The lowest BCUT2D eigenvalue weighted by Crippen LogP contribution is -2.72. The van der Waals surface area contributed by atoms with Gasteiger partial charge in [-0.25, -0.2) is 33.1 Å². The first-order valence-electron chi connectivity index (χ1n) is 19.6. The Hall–Kier alpha value is -1.97. The fourth-order valence-corrected chi connectivity index (χ4v) is 12.0. The van der Waals surface area contributed by atoms with Crippen molar-refractivity contribution in [2.45, 2.75) is 153 Å². The maximum atomic E-state index is 14.1. The summed E-state index contributed by atoms with van der Waals surface area (Å²) in [6.07, 6.45) is 3.19. The third-order valence-corrected chi connectivity index (χ3v) is 14.7. The maximum absolute atomic E-state index is 14.1. The minimum absolute atomic E-state index is 0.00782. The second-order valence-corrected chi connectivity index (χ2v) is 17.8. The largest absolute Gasteiger partial charge is 0.443 e. The van der Waals surface area contributed by atoms with E-state index in [4.69, 9.17) is 43.2 Å². The van der Waals surface area contributed by atoms with Crippen LogP contribution in [0.4, 0.5) is 19.3 Å². The summed E-state index contributed by atoms with van der Waals surface area (Å²) in [5.41, 5.74) is -1.59. The average Bonchev–Trinajstić information content (AvgIpc) is 3.45. The zero-order chi connectivity index (χ0) is 36.4. The van der Waals surface area contributed by atoms with Gasteiger partial charge in [0.2, 0.25) is 11.6 Å². The van der Waals surface area contributed by atoms with Gasteiger partial charge in [-0.3, -0.25) is 5.32 Å². The third-order valence-electron chi connectivity index (χ3n) is 14.7. The number of benzene rings is 1. The van der Waals surface area contributed by atoms with Crippen LogP contribution >= 0.6 is 0 Å². The fraction of sp³-hybridized carbons (Fsp3) is 0.821. The van der Waals surface area contributed by atoms with Crippen molar-refractivity contribution in [3.63, 3.8) is 0 Å². The van der Waals surface area contributed by atoms with Crippen molar-refractivity contribution in [2.24, 2.45) is 47.3 Å². The second kappa shape index (κ2) is 12.5. The minimum atomic E-state index is -0.976. The number of rotatable bonds is 5. The van der Waals surface area contributed by atoms with Gasteiger partial charge >= 0.3 is 6.09 Å². The van der Waals surface area contributed by atoms with Gasteiger partial charge in [-0.2, -0.15) is 0 Å². The number of nitrogens with one attached hydrogen (secondary N) is 1. The van der Waals surface area contributed by atoms with Crippen molar-refractivity contribution in [1.29, 1.82) is 0 Å². The molecule has 11 nitrogen and oxygen atoms in total. The molecule has 17 atom stereocenters. The first-order chi connectivity index (χ1) is 24.7. The molecule has 2 saturated carbocycles. The normalized spacial score (nSPS) is 51.0. The summed E-state index contributed by atoms with van der Waals surface area (Å²) in [5, 5.41) is 2.55. The number of hydrogen-bond donors (Lipinski definition) is 1. The van der Waals surface area contributed by atoms with Gasteiger partial charge < -0.3 is 23.7 Å². The highest BCUT2D eigenvalue weighted by atomic mass is 19.1. The SMILES string of the molecule is C[C@H]1[C@@H](C[C@H](OC(=O)Nc2cc(F)cc(F)c2)C2O[C@@H]3O[C@]4(C)CC[C@H]5[C@H](C)CC[C@@H]([C@H]2C)[C@@]35OO4)O[C@@H]2O[C@]3(C)CC[C@H]4[C@H](C)CC[C@@H]1[C@@]24OO3. The van der Waals surface area contributed by atoms with E-state index >= 15 is 0 Å². The molecule has 52 heavy (non-hydrogen) atoms. The molecule has 10 aliphatic rings. The standard InChI is InChI=1S/C39H53F2NO10/c1-19-7-9-28-21(3)30(44-33-38(28)26(19)11-13-36(5,47-33)49-51-38)18-31(45-35(43)42-25-16-23(40)15-24(41)17-25)32-22(4)29-10-8-20(2)27-12-14-37(6)48-34(46-32)39(27,29)52-50-37/h15-17,19-22,26-34H,7-14,18H2,1-6H3,(H,42,43)/t19-,20-,21-,22-,26+,27+,28+,29+,30-,31+,32?,33-,34-,36+,37+,38-,39-/m1/s1. The Balaban J connectivity index is 1.05. The number of hydrogen-bond acceptors (Lipinski definition) is 10. The van der Waals surface area contributed by atoms with Gasteiger partial charge in [0, 0.05) is 42.9 Å². The van der Waals surface area contributed by atoms with E-state index in [2.05, 4.69) is 33.0 Å². The molecule has 0 aromatic heterocycles. The highest BCUT2D eigenvalue weighted by Gasteiger charge is 2.72. The third kappa shape index (κ3) is 5.42. The summed E-state index contributed by atoms with van der Waals surface area (Å²) >= 11 is 0. The first kappa shape index (κ1) is 35.7. The molecule has 8 saturated heterocycles. The Bertz CT molecular complexity index is 1550. The number of anilines is 1. The molecule has 2 spiro atoms. The van der Waals surface area contributed by atoms with Crippen molar-refractivity contribution in [3.8, 4) is 0 Å². The van der Waals surface area contributed by atoms with Gasteiger partial charge in [0.15, 0.2) is 23.8 Å². The van der Waals surface area contributed by atoms with Crippen molar-refractivity contribution in [1.82, 2.24) is 0 Å². The summed E-state index contributed by atoms with van der Waals surface area (Å²) in [6.45, 7) is 12.6. The van der Waals surface area contributed by atoms with Gasteiger partial charge in [-0.05, 0) is 100 Å².